The molecule has 0 atom stereocenters. The molecule has 3 rings (SSSR count). The van der Waals surface area contributed by atoms with Gasteiger partial charge in [0.1, 0.15) is 0 Å². The van der Waals surface area contributed by atoms with Crippen LogP contribution < -0.4 is 19.9 Å². The van der Waals surface area contributed by atoms with Gasteiger partial charge in [0.15, 0.2) is 11.5 Å². The van der Waals surface area contributed by atoms with Gasteiger partial charge in [-0.05, 0) is 48.4 Å². The maximum absolute atomic E-state index is 11.2. The van der Waals surface area contributed by atoms with Crippen molar-refractivity contribution < 1.29 is 17.9 Å². The smallest absolute Gasteiger partial charge is 0.238 e. The summed E-state index contributed by atoms with van der Waals surface area (Å²) in [6.07, 6.45) is 0.801. The molecule has 122 valence electrons. The summed E-state index contributed by atoms with van der Waals surface area (Å²) in [6, 6.07) is 12.5. The molecule has 7 heteroatoms. The topological polar surface area (TPSA) is 90.7 Å². The minimum absolute atomic E-state index is 0.134. The molecule has 0 amide bonds. The van der Waals surface area contributed by atoms with Crippen LogP contribution >= 0.6 is 0 Å². The van der Waals surface area contributed by atoms with E-state index in [9.17, 15) is 8.42 Å². The average molecular weight is 334 g/mol. The minimum atomic E-state index is -3.62. The van der Waals surface area contributed by atoms with Gasteiger partial charge in [-0.2, -0.15) is 0 Å². The first-order chi connectivity index (χ1) is 11.0. The van der Waals surface area contributed by atoms with Crippen molar-refractivity contribution in [1.29, 1.82) is 0 Å². The van der Waals surface area contributed by atoms with Crippen LogP contribution in [0.1, 0.15) is 11.1 Å². The number of ether oxygens (including phenoxy) is 2. The van der Waals surface area contributed by atoms with E-state index in [1.165, 1.54) is 12.1 Å². The summed E-state index contributed by atoms with van der Waals surface area (Å²) in [4.78, 5) is 0.134. The first-order valence-corrected chi connectivity index (χ1v) is 8.78. The van der Waals surface area contributed by atoms with E-state index in [-0.39, 0.29) is 11.7 Å². The normalized spacial score (nSPS) is 13.3. The van der Waals surface area contributed by atoms with E-state index >= 15 is 0 Å². The largest absolute Gasteiger partial charge is 0.454 e. The SMILES string of the molecule is NS(=O)(=O)c1ccc(CCNCc2ccc3c(c2)OCO3)cc1. The van der Waals surface area contributed by atoms with Crippen molar-refractivity contribution >= 4 is 10.0 Å². The number of nitrogens with one attached hydrogen (secondary N) is 1. The van der Waals surface area contributed by atoms with E-state index in [0.29, 0.717) is 0 Å². The lowest BCUT2D eigenvalue weighted by atomic mass is 10.1. The molecule has 6 nitrogen and oxygen atoms in total. The van der Waals surface area contributed by atoms with Crippen LogP contribution in [0.25, 0.3) is 0 Å². The molecule has 1 aliphatic heterocycles. The van der Waals surface area contributed by atoms with Gasteiger partial charge in [-0.3, -0.25) is 0 Å². The summed E-state index contributed by atoms with van der Waals surface area (Å²) < 4.78 is 33.0. The molecule has 2 aromatic carbocycles. The summed E-state index contributed by atoms with van der Waals surface area (Å²) in [6.45, 7) is 1.79. The quantitative estimate of drug-likeness (QED) is 0.779. The van der Waals surface area contributed by atoms with Crippen molar-refractivity contribution in [1.82, 2.24) is 5.32 Å². The lowest BCUT2D eigenvalue weighted by Gasteiger charge is -2.07. The fourth-order valence-electron chi connectivity index (χ4n) is 2.36. The van der Waals surface area contributed by atoms with Crippen LogP contribution in [0.3, 0.4) is 0 Å². The third-order valence-corrected chi connectivity index (χ3v) is 4.54. The Morgan fingerprint density at radius 1 is 1.00 bits per heavy atom. The molecule has 0 spiro atoms. The molecule has 2 aromatic rings. The van der Waals surface area contributed by atoms with Gasteiger partial charge in [-0.1, -0.05) is 18.2 Å². The van der Waals surface area contributed by atoms with E-state index in [2.05, 4.69) is 5.32 Å². The molecule has 0 aromatic heterocycles. The van der Waals surface area contributed by atoms with Crippen molar-refractivity contribution in [2.75, 3.05) is 13.3 Å². The Bertz CT molecular complexity index is 788. The maximum Gasteiger partial charge on any atom is 0.238 e. The van der Waals surface area contributed by atoms with Crippen LogP contribution in [0.2, 0.25) is 0 Å². The van der Waals surface area contributed by atoms with Gasteiger partial charge in [-0.15, -0.1) is 0 Å². The second kappa shape index (κ2) is 6.57. The van der Waals surface area contributed by atoms with Crippen molar-refractivity contribution in [2.24, 2.45) is 5.14 Å². The zero-order valence-corrected chi connectivity index (χ0v) is 13.3. The molecule has 0 saturated heterocycles. The van der Waals surface area contributed by atoms with E-state index in [1.807, 2.05) is 18.2 Å². The Kier molecular flexibility index (Phi) is 4.51. The summed E-state index contributed by atoms with van der Waals surface area (Å²) in [7, 11) is -3.62. The van der Waals surface area contributed by atoms with Crippen LogP contribution in [0.15, 0.2) is 47.4 Å². The molecule has 0 aliphatic carbocycles. The highest BCUT2D eigenvalue weighted by Crippen LogP contribution is 2.32. The Hall–Kier alpha value is -2.09. The van der Waals surface area contributed by atoms with Gasteiger partial charge >= 0.3 is 0 Å². The van der Waals surface area contributed by atoms with E-state index in [4.69, 9.17) is 14.6 Å². The molecule has 0 radical (unpaired) electrons. The molecular weight excluding hydrogens is 316 g/mol. The predicted octanol–water partition coefficient (Wildman–Crippen LogP) is 1.39. The third-order valence-electron chi connectivity index (χ3n) is 3.61. The molecule has 0 saturated carbocycles. The number of fused-ring (bicyclic) bond motifs is 1. The van der Waals surface area contributed by atoms with Gasteiger partial charge < -0.3 is 14.8 Å². The minimum Gasteiger partial charge on any atom is -0.454 e. The third kappa shape index (κ3) is 4.01. The number of hydrogen-bond donors (Lipinski definition) is 2. The first-order valence-electron chi connectivity index (χ1n) is 7.23. The number of nitrogens with two attached hydrogens (primary N) is 1. The molecule has 1 aliphatic rings. The molecule has 0 bridgehead atoms. The average Bonchev–Trinajstić information content (AvgIpc) is 2.99. The second-order valence-electron chi connectivity index (χ2n) is 5.30. The Morgan fingerprint density at radius 3 is 2.43 bits per heavy atom. The van der Waals surface area contributed by atoms with Gasteiger partial charge in [0.05, 0.1) is 4.90 Å². The number of primary sulfonamides is 1. The van der Waals surface area contributed by atoms with Gasteiger partial charge in [0.2, 0.25) is 16.8 Å². The number of benzene rings is 2. The van der Waals surface area contributed by atoms with Crippen molar-refractivity contribution in [3.05, 3.63) is 53.6 Å². The van der Waals surface area contributed by atoms with Gasteiger partial charge in [0, 0.05) is 6.54 Å². The fraction of sp³-hybridized carbons (Fsp3) is 0.250. The highest BCUT2D eigenvalue weighted by Gasteiger charge is 2.12. The summed E-state index contributed by atoms with van der Waals surface area (Å²) in [5.74, 6) is 1.56. The first kappa shape index (κ1) is 15.8. The van der Waals surface area contributed by atoms with Gasteiger partial charge in [0.25, 0.3) is 0 Å². The number of hydrogen-bond acceptors (Lipinski definition) is 5. The molecule has 0 fully saturated rings. The zero-order valence-electron chi connectivity index (χ0n) is 12.5. The van der Waals surface area contributed by atoms with Crippen LogP contribution in [0.4, 0.5) is 0 Å². The lowest BCUT2D eigenvalue weighted by molar-refractivity contribution is 0.174. The Balaban J connectivity index is 1.48. The molecule has 23 heavy (non-hydrogen) atoms. The fourth-order valence-corrected chi connectivity index (χ4v) is 2.88. The van der Waals surface area contributed by atoms with E-state index in [1.54, 1.807) is 12.1 Å². The maximum atomic E-state index is 11.2. The summed E-state index contributed by atoms with van der Waals surface area (Å²) >= 11 is 0. The Morgan fingerprint density at radius 2 is 1.70 bits per heavy atom. The van der Waals surface area contributed by atoms with Crippen LogP contribution in [-0.2, 0) is 23.0 Å². The second-order valence-corrected chi connectivity index (χ2v) is 6.86. The molecule has 1 heterocycles. The Labute approximate surface area is 135 Å². The van der Waals surface area contributed by atoms with Crippen molar-refractivity contribution in [2.45, 2.75) is 17.9 Å². The van der Waals surface area contributed by atoms with Crippen molar-refractivity contribution in [3.63, 3.8) is 0 Å². The van der Waals surface area contributed by atoms with E-state index < -0.39 is 10.0 Å². The van der Waals surface area contributed by atoms with Crippen LogP contribution in [0, 0.1) is 0 Å². The van der Waals surface area contributed by atoms with Crippen LogP contribution in [0.5, 0.6) is 11.5 Å². The predicted molar refractivity (Wildman–Crippen MR) is 85.8 cm³/mol. The summed E-state index contributed by atoms with van der Waals surface area (Å²) in [5, 5.41) is 8.42. The van der Waals surface area contributed by atoms with Crippen LogP contribution in [-0.4, -0.2) is 21.8 Å². The van der Waals surface area contributed by atoms with Crippen molar-refractivity contribution in [3.8, 4) is 11.5 Å². The standard InChI is InChI=1S/C16H18N2O4S/c17-23(19,20)14-4-1-12(2-5-14)7-8-18-10-13-3-6-15-16(9-13)22-11-21-15/h1-6,9,18H,7-8,10-11H2,(H2,17,19,20). The molecular formula is C16H18N2O4S. The highest BCUT2D eigenvalue weighted by atomic mass is 32.2. The molecule has 0 unspecified atom stereocenters. The number of rotatable bonds is 6. The highest BCUT2D eigenvalue weighted by molar-refractivity contribution is 7.89. The van der Waals surface area contributed by atoms with Gasteiger partial charge in [-0.25, -0.2) is 13.6 Å². The monoisotopic (exact) mass is 334 g/mol. The number of sulfonamides is 1. The summed E-state index contributed by atoms with van der Waals surface area (Å²) in [5.41, 5.74) is 2.18. The van der Waals surface area contributed by atoms with E-state index in [0.717, 1.165) is 42.1 Å². The molecule has 3 N–H and O–H groups in total. The lowest BCUT2D eigenvalue weighted by Crippen LogP contribution is -2.17. The zero-order chi connectivity index (χ0) is 16.3.